The summed E-state index contributed by atoms with van der Waals surface area (Å²) >= 11 is 4.93. The van der Waals surface area contributed by atoms with Gasteiger partial charge in [0.1, 0.15) is 5.01 Å². The van der Waals surface area contributed by atoms with Crippen LogP contribution < -0.4 is 9.47 Å². The first kappa shape index (κ1) is 19.9. The van der Waals surface area contributed by atoms with E-state index in [-0.39, 0.29) is 0 Å². The molecule has 0 radical (unpaired) electrons. The van der Waals surface area contributed by atoms with Crippen molar-refractivity contribution in [3.8, 4) is 32.8 Å². The van der Waals surface area contributed by atoms with Crippen LogP contribution in [0.2, 0.25) is 0 Å². The van der Waals surface area contributed by atoms with Crippen molar-refractivity contribution in [3.05, 3.63) is 46.8 Å². The second-order valence-corrected chi connectivity index (χ2v) is 8.75. The van der Waals surface area contributed by atoms with Gasteiger partial charge in [-0.25, -0.2) is 4.98 Å². The average molecular weight is 445 g/mol. The SMILES string of the molecule is CCn1c(SCc2csc(-c3cccc(OC)c3OC)n2)nnc1-c1cccs1. The van der Waals surface area contributed by atoms with Gasteiger partial charge >= 0.3 is 0 Å². The van der Waals surface area contributed by atoms with Crippen LogP contribution in [-0.4, -0.2) is 34.0 Å². The Kier molecular flexibility index (Phi) is 6.17. The molecule has 0 spiro atoms. The molecule has 29 heavy (non-hydrogen) atoms. The predicted octanol–water partition coefficient (Wildman–Crippen LogP) is 5.46. The number of thioether (sulfide) groups is 1. The fourth-order valence-electron chi connectivity index (χ4n) is 2.96. The van der Waals surface area contributed by atoms with Crippen LogP contribution in [0.4, 0.5) is 0 Å². The van der Waals surface area contributed by atoms with Crippen LogP contribution in [0.5, 0.6) is 11.5 Å². The number of nitrogens with zero attached hydrogens (tertiary/aromatic N) is 4. The summed E-state index contributed by atoms with van der Waals surface area (Å²) in [6.07, 6.45) is 0. The highest BCUT2D eigenvalue weighted by Gasteiger charge is 2.17. The summed E-state index contributed by atoms with van der Waals surface area (Å²) in [5, 5.41) is 14.7. The largest absolute Gasteiger partial charge is 0.493 e. The number of thiophene rings is 1. The number of ether oxygens (including phenoxy) is 2. The van der Waals surface area contributed by atoms with E-state index in [0.29, 0.717) is 11.5 Å². The van der Waals surface area contributed by atoms with E-state index in [1.54, 1.807) is 48.7 Å². The summed E-state index contributed by atoms with van der Waals surface area (Å²) in [7, 11) is 3.29. The maximum Gasteiger partial charge on any atom is 0.191 e. The van der Waals surface area contributed by atoms with Crippen molar-refractivity contribution >= 4 is 34.4 Å². The van der Waals surface area contributed by atoms with Gasteiger partial charge in [0.25, 0.3) is 0 Å². The van der Waals surface area contributed by atoms with Crippen LogP contribution >= 0.6 is 34.4 Å². The van der Waals surface area contributed by atoms with Crippen molar-refractivity contribution in [2.45, 2.75) is 24.4 Å². The Morgan fingerprint density at radius 1 is 1.07 bits per heavy atom. The fraction of sp³-hybridized carbons (Fsp3) is 0.250. The monoisotopic (exact) mass is 444 g/mol. The van der Waals surface area contributed by atoms with Gasteiger partial charge in [-0.3, -0.25) is 0 Å². The minimum Gasteiger partial charge on any atom is -0.493 e. The molecule has 4 rings (SSSR count). The van der Waals surface area contributed by atoms with Crippen molar-refractivity contribution in [2.24, 2.45) is 0 Å². The molecule has 150 valence electrons. The van der Waals surface area contributed by atoms with E-state index in [2.05, 4.69) is 38.5 Å². The molecule has 0 aliphatic rings. The van der Waals surface area contributed by atoms with Gasteiger partial charge in [-0.15, -0.1) is 32.9 Å². The van der Waals surface area contributed by atoms with Crippen LogP contribution in [-0.2, 0) is 12.3 Å². The van der Waals surface area contributed by atoms with Gasteiger partial charge in [-0.1, -0.05) is 23.9 Å². The normalized spacial score (nSPS) is 11.0. The molecule has 1 aromatic carbocycles. The average Bonchev–Trinajstić information content (AvgIpc) is 3.51. The molecule has 0 aliphatic heterocycles. The Morgan fingerprint density at radius 2 is 1.97 bits per heavy atom. The predicted molar refractivity (Wildman–Crippen MR) is 119 cm³/mol. The summed E-state index contributed by atoms with van der Waals surface area (Å²) < 4.78 is 13.1. The molecule has 0 unspecified atom stereocenters. The first-order chi connectivity index (χ1) is 14.2. The number of methoxy groups -OCH3 is 2. The molecule has 0 aliphatic carbocycles. The van der Waals surface area contributed by atoms with E-state index in [0.717, 1.165) is 44.4 Å². The van der Waals surface area contributed by atoms with Gasteiger partial charge in [-0.05, 0) is 30.5 Å². The fourth-order valence-corrected chi connectivity index (χ4v) is 5.52. The number of hydrogen-bond acceptors (Lipinski definition) is 8. The highest BCUT2D eigenvalue weighted by molar-refractivity contribution is 7.98. The summed E-state index contributed by atoms with van der Waals surface area (Å²) in [6, 6.07) is 9.94. The molecule has 0 N–H and O–H groups in total. The van der Waals surface area contributed by atoms with Crippen molar-refractivity contribution in [2.75, 3.05) is 14.2 Å². The molecular weight excluding hydrogens is 424 g/mol. The number of hydrogen-bond donors (Lipinski definition) is 0. The quantitative estimate of drug-likeness (QED) is 0.336. The number of aromatic nitrogens is 4. The van der Waals surface area contributed by atoms with Crippen molar-refractivity contribution < 1.29 is 9.47 Å². The Hall–Kier alpha value is -2.36. The Morgan fingerprint density at radius 3 is 2.69 bits per heavy atom. The second-order valence-electron chi connectivity index (χ2n) is 6.00. The van der Waals surface area contributed by atoms with Crippen LogP contribution in [0, 0.1) is 0 Å². The molecule has 0 atom stereocenters. The number of benzene rings is 1. The maximum absolute atomic E-state index is 5.54. The van der Waals surface area contributed by atoms with Crippen molar-refractivity contribution in [1.82, 2.24) is 19.7 Å². The van der Waals surface area contributed by atoms with Crippen LogP contribution in [0.25, 0.3) is 21.3 Å². The van der Waals surface area contributed by atoms with Gasteiger partial charge in [0.05, 0.1) is 30.4 Å². The summed E-state index contributed by atoms with van der Waals surface area (Å²) in [5.41, 5.74) is 1.94. The number of rotatable bonds is 8. The summed E-state index contributed by atoms with van der Waals surface area (Å²) in [6.45, 7) is 2.94. The molecule has 3 heterocycles. The van der Waals surface area contributed by atoms with E-state index in [9.17, 15) is 0 Å². The zero-order valence-electron chi connectivity index (χ0n) is 16.3. The molecule has 0 saturated heterocycles. The highest BCUT2D eigenvalue weighted by atomic mass is 32.2. The number of para-hydroxylation sites is 1. The van der Waals surface area contributed by atoms with E-state index in [1.165, 1.54) is 0 Å². The minimum atomic E-state index is 0.702. The van der Waals surface area contributed by atoms with Gasteiger partial charge < -0.3 is 14.0 Å². The summed E-state index contributed by atoms with van der Waals surface area (Å²) in [5.74, 6) is 3.05. The molecule has 3 aromatic heterocycles. The second kappa shape index (κ2) is 8.98. The molecule has 0 bridgehead atoms. The Bertz CT molecular complexity index is 1090. The third-order valence-corrected chi connectivity index (χ3v) is 7.10. The van der Waals surface area contributed by atoms with Crippen LogP contribution in [0.15, 0.2) is 46.2 Å². The van der Waals surface area contributed by atoms with Gasteiger partial charge in [-0.2, -0.15) is 0 Å². The number of thiazole rings is 1. The van der Waals surface area contributed by atoms with E-state index >= 15 is 0 Å². The first-order valence-corrected chi connectivity index (χ1v) is 11.7. The van der Waals surface area contributed by atoms with E-state index in [4.69, 9.17) is 14.5 Å². The molecule has 0 fully saturated rings. The molecule has 0 saturated carbocycles. The third-order valence-electron chi connectivity index (χ3n) is 4.31. The Labute approximate surface area is 181 Å². The topological polar surface area (TPSA) is 62.1 Å². The van der Waals surface area contributed by atoms with Gasteiger partial charge in [0.15, 0.2) is 22.5 Å². The molecule has 4 aromatic rings. The third kappa shape index (κ3) is 4.03. The van der Waals surface area contributed by atoms with Crippen LogP contribution in [0.3, 0.4) is 0 Å². The zero-order valence-corrected chi connectivity index (χ0v) is 18.7. The smallest absolute Gasteiger partial charge is 0.191 e. The lowest BCUT2D eigenvalue weighted by Gasteiger charge is -2.10. The standard InChI is InChI=1S/C20H20N4O2S3/c1-4-24-18(16-9-6-10-27-16)22-23-20(24)29-12-13-11-28-19(21-13)14-7-5-8-15(25-2)17(14)26-3/h5-11H,4,12H2,1-3H3. The lowest BCUT2D eigenvalue weighted by atomic mass is 10.2. The minimum absolute atomic E-state index is 0.702. The maximum atomic E-state index is 5.54. The van der Waals surface area contributed by atoms with Crippen LogP contribution in [0.1, 0.15) is 12.6 Å². The lowest BCUT2D eigenvalue weighted by Crippen LogP contribution is -1.99. The van der Waals surface area contributed by atoms with E-state index < -0.39 is 0 Å². The molecular formula is C20H20N4O2S3. The highest BCUT2D eigenvalue weighted by Crippen LogP contribution is 2.39. The van der Waals surface area contributed by atoms with Gasteiger partial charge in [0, 0.05) is 17.7 Å². The molecule has 0 amide bonds. The van der Waals surface area contributed by atoms with Crippen molar-refractivity contribution in [3.63, 3.8) is 0 Å². The Balaban J connectivity index is 1.53. The molecule has 6 nitrogen and oxygen atoms in total. The van der Waals surface area contributed by atoms with Gasteiger partial charge in [0.2, 0.25) is 0 Å². The zero-order chi connectivity index (χ0) is 20.2. The van der Waals surface area contributed by atoms with E-state index in [1.807, 2.05) is 24.3 Å². The lowest BCUT2D eigenvalue weighted by molar-refractivity contribution is 0.356. The first-order valence-electron chi connectivity index (χ1n) is 9.00. The summed E-state index contributed by atoms with van der Waals surface area (Å²) in [4.78, 5) is 5.93. The van der Waals surface area contributed by atoms with Crippen molar-refractivity contribution in [1.29, 1.82) is 0 Å². The molecule has 9 heteroatoms.